The first kappa shape index (κ1) is 22.2. The number of aryl methyl sites for hydroxylation is 2. The van der Waals surface area contributed by atoms with E-state index in [0.717, 1.165) is 41.8 Å². The number of carbonyl (C=O) groups is 2. The van der Waals surface area contributed by atoms with Gasteiger partial charge in [-0.3, -0.25) is 9.59 Å². The molecule has 3 aromatic rings. The zero-order valence-corrected chi connectivity index (χ0v) is 19.4. The molecule has 0 unspecified atom stereocenters. The van der Waals surface area contributed by atoms with Gasteiger partial charge in [-0.1, -0.05) is 73.5 Å². The van der Waals surface area contributed by atoms with Gasteiger partial charge < -0.3 is 10.2 Å². The van der Waals surface area contributed by atoms with Gasteiger partial charge in [-0.05, 0) is 37.8 Å². The molecule has 2 amide bonds. The first-order valence-electron chi connectivity index (χ1n) is 11.2. The van der Waals surface area contributed by atoms with Gasteiger partial charge in [-0.15, -0.1) is 11.3 Å². The fourth-order valence-electron chi connectivity index (χ4n) is 4.38. The van der Waals surface area contributed by atoms with E-state index in [2.05, 4.69) is 10.3 Å². The van der Waals surface area contributed by atoms with Gasteiger partial charge in [0.2, 0.25) is 5.91 Å². The van der Waals surface area contributed by atoms with E-state index < -0.39 is 6.04 Å². The van der Waals surface area contributed by atoms with Crippen LogP contribution in [0.15, 0.2) is 60.7 Å². The van der Waals surface area contributed by atoms with Crippen molar-refractivity contribution in [2.45, 2.75) is 58.2 Å². The predicted molar refractivity (Wildman–Crippen MR) is 127 cm³/mol. The van der Waals surface area contributed by atoms with Crippen LogP contribution >= 0.6 is 11.3 Å². The number of aromatic nitrogens is 1. The second kappa shape index (κ2) is 10.1. The molecule has 166 valence electrons. The molecule has 32 heavy (non-hydrogen) atoms. The van der Waals surface area contributed by atoms with Crippen LogP contribution in [-0.4, -0.2) is 27.7 Å². The highest BCUT2D eigenvalue weighted by atomic mass is 32.1. The summed E-state index contributed by atoms with van der Waals surface area (Å²) in [7, 11) is 0. The summed E-state index contributed by atoms with van der Waals surface area (Å²) in [5.41, 5.74) is 2.50. The van der Waals surface area contributed by atoms with Crippen molar-refractivity contribution in [3.8, 4) is 0 Å². The monoisotopic (exact) mass is 447 g/mol. The number of nitrogens with one attached hydrogen (secondary N) is 1. The molecule has 0 radical (unpaired) electrons. The number of thiazole rings is 1. The molecule has 0 saturated heterocycles. The molecule has 1 heterocycles. The van der Waals surface area contributed by atoms with Gasteiger partial charge in [0.05, 0.1) is 10.7 Å². The normalized spacial score (nSPS) is 14.8. The second-order valence-corrected chi connectivity index (χ2v) is 9.57. The van der Waals surface area contributed by atoms with E-state index in [0.29, 0.717) is 17.1 Å². The summed E-state index contributed by atoms with van der Waals surface area (Å²) in [5.74, 6) is -0.279. The Morgan fingerprint density at radius 3 is 2.25 bits per heavy atom. The lowest BCUT2D eigenvalue weighted by Gasteiger charge is -2.32. The minimum absolute atomic E-state index is 0.119. The maximum absolute atomic E-state index is 13.9. The second-order valence-electron chi connectivity index (χ2n) is 8.37. The van der Waals surface area contributed by atoms with Gasteiger partial charge in [0.25, 0.3) is 5.91 Å². The van der Waals surface area contributed by atoms with E-state index in [-0.39, 0.29) is 17.9 Å². The van der Waals surface area contributed by atoms with E-state index in [1.165, 1.54) is 11.3 Å². The molecule has 1 aliphatic carbocycles. The molecule has 0 spiro atoms. The van der Waals surface area contributed by atoms with E-state index >= 15 is 0 Å². The van der Waals surface area contributed by atoms with Gasteiger partial charge in [0, 0.05) is 12.6 Å². The van der Waals surface area contributed by atoms with Crippen LogP contribution in [0.3, 0.4) is 0 Å². The van der Waals surface area contributed by atoms with Crippen LogP contribution in [0.1, 0.15) is 63.2 Å². The molecule has 1 aliphatic rings. The standard InChI is InChI=1S/C26H29N3O2S/c1-18-24(32-19(2)27-18)26(31)29(17-20-11-5-3-6-12-20)23(21-13-7-4-8-14-21)25(30)28-22-15-9-10-16-22/h3-8,11-14,22-23H,9-10,15-17H2,1-2H3,(H,28,30)/t23-/m1/s1. The first-order chi connectivity index (χ1) is 15.5. The zero-order valence-electron chi connectivity index (χ0n) is 18.6. The molecule has 0 aliphatic heterocycles. The fourth-order valence-corrected chi connectivity index (χ4v) is 5.25. The third kappa shape index (κ3) is 5.07. The van der Waals surface area contributed by atoms with Gasteiger partial charge in [-0.2, -0.15) is 0 Å². The Hall–Kier alpha value is -2.99. The number of amides is 2. The zero-order chi connectivity index (χ0) is 22.5. The quantitative estimate of drug-likeness (QED) is 0.541. The van der Waals surface area contributed by atoms with Crippen molar-refractivity contribution < 1.29 is 9.59 Å². The first-order valence-corrected chi connectivity index (χ1v) is 12.0. The Balaban J connectivity index is 1.75. The Labute approximate surface area is 193 Å². The highest BCUT2D eigenvalue weighted by Crippen LogP contribution is 2.29. The van der Waals surface area contributed by atoms with Crippen molar-refractivity contribution >= 4 is 23.2 Å². The largest absolute Gasteiger partial charge is 0.351 e. The molecule has 6 heteroatoms. The van der Waals surface area contributed by atoms with E-state index in [1.807, 2.05) is 74.5 Å². The number of carbonyl (C=O) groups excluding carboxylic acids is 2. The van der Waals surface area contributed by atoms with Crippen molar-refractivity contribution in [1.82, 2.24) is 15.2 Å². The number of benzene rings is 2. The van der Waals surface area contributed by atoms with Crippen LogP contribution in [-0.2, 0) is 11.3 Å². The molecule has 0 bridgehead atoms. The molecule has 1 saturated carbocycles. The summed E-state index contributed by atoms with van der Waals surface area (Å²) in [6, 6.07) is 18.9. The Kier molecular flexibility index (Phi) is 7.00. The van der Waals surface area contributed by atoms with Gasteiger partial charge in [0.1, 0.15) is 10.9 Å². The predicted octanol–water partition coefficient (Wildman–Crippen LogP) is 5.20. The van der Waals surface area contributed by atoms with E-state index in [1.54, 1.807) is 4.90 Å². The fraction of sp³-hybridized carbons (Fsp3) is 0.346. The molecule has 4 rings (SSSR count). The SMILES string of the molecule is Cc1nc(C)c(C(=O)N(Cc2ccccc2)[C@@H](C(=O)NC2CCCC2)c2ccccc2)s1. The molecule has 1 N–H and O–H groups in total. The molecular formula is C26H29N3O2S. The molecule has 1 aromatic heterocycles. The summed E-state index contributed by atoms with van der Waals surface area (Å²) in [6.07, 6.45) is 4.25. The smallest absolute Gasteiger partial charge is 0.267 e. The van der Waals surface area contributed by atoms with E-state index in [4.69, 9.17) is 0 Å². The van der Waals surface area contributed by atoms with Crippen LogP contribution in [0.2, 0.25) is 0 Å². The summed E-state index contributed by atoms with van der Waals surface area (Å²) in [6.45, 7) is 4.10. The lowest BCUT2D eigenvalue weighted by atomic mass is 10.0. The Morgan fingerprint density at radius 2 is 1.66 bits per heavy atom. The highest BCUT2D eigenvalue weighted by molar-refractivity contribution is 7.13. The van der Waals surface area contributed by atoms with Crippen molar-refractivity contribution in [3.05, 3.63) is 87.4 Å². The average molecular weight is 448 g/mol. The lowest BCUT2D eigenvalue weighted by molar-refractivity contribution is -0.126. The Morgan fingerprint density at radius 1 is 1.03 bits per heavy atom. The number of hydrogen-bond acceptors (Lipinski definition) is 4. The van der Waals surface area contributed by atoms with Crippen LogP contribution in [0.4, 0.5) is 0 Å². The van der Waals surface area contributed by atoms with E-state index in [9.17, 15) is 9.59 Å². The minimum atomic E-state index is -0.716. The molecule has 1 fully saturated rings. The maximum atomic E-state index is 13.9. The highest BCUT2D eigenvalue weighted by Gasteiger charge is 2.35. The molecule has 5 nitrogen and oxygen atoms in total. The number of nitrogens with zero attached hydrogens (tertiary/aromatic N) is 2. The van der Waals surface area contributed by atoms with Gasteiger partial charge in [-0.25, -0.2) is 4.98 Å². The number of rotatable bonds is 7. The maximum Gasteiger partial charge on any atom is 0.267 e. The summed E-state index contributed by atoms with van der Waals surface area (Å²) < 4.78 is 0. The van der Waals surface area contributed by atoms with Gasteiger partial charge in [0.15, 0.2) is 0 Å². The summed E-state index contributed by atoms with van der Waals surface area (Å²) in [4.78, 5) is 34.2. The third-order valence-electron chi connectivity index (χ3n) is 5.93. The average Bonchev–Trinajstić information content (AvgIpc) is 3.43. The van der Waals surface area contributed by atoms with Crippen molar-refractivity contribution in [1.29, 1.82) is 0 Å². The van der Waals surface area contributed by atoms with Crippen molar-refractivity contribution in [2.24, 2.45) is 0 Å². The van der Waals surface area contributed by atoms with Crippen LogP contribution < -0.4 is 5.32 Å². The van der Waals surface area contributed by atoms with Crippen LogP contribution in [0, 0.1) is 13.8 Å². The number of hydrogen-bond donors (Lipinski definition) is 1. The van der Waals surface area contributed by atoms with Crippen LogP contribution in [0.5, 0.6) is 0 Å². The van der Waals surface area contributed by atoms with Crippen LogP contribution in [0.25, 0.3) is 0 Å². The Bertz CT molecular complexity index is 1060. The molecule has 1 atom stereocenters. The van der Waals surface area contributed by atoms with Crippen molar-refractivity contribution in [2.75, 3.05) is 0 Å². The molecular weight excluding hydrogens is 418 g/mol. The van der Waals surface area contributed by atoms with Crippen molar-refractivity contribution in [3.63, 3.8) is 0 Å². The lowest BCUT2D eigenvalue weighted by Crippen LogP contribution is -2.45. The third-order valence-corrected chi connectivity index (χ3v) is 6.99. The topological polar surface area (TPSA) is 62.3 Å². The minimum Gasteiger partial charge on any atom is -0.351 e. The summed E-state index contributed by atoms with van der Waals surface area (Å²) >= 11 is 1.38. The van der Waals surface area contributed by atoms with Gasteiger partial charge >= 0.3 is 0 Å². The summed E-state index contributed by atoms with van der Waals surface area (Å²) in [5, 5.41) is 4.07. The molecule has 2 aromatic carbocycles.